The summed E-state index contributed by atoms with van der Waals surface area (Å²) in [6.07, 6.45) is 1.30. The number of aromatic nitrogens is 2. The average Bonchev–Trinajstić information content (AvgIpc) is 3.74. The van der Waals surface area contributed by atoms with Crippen molar-refractivity contribution in [2.75, 3.05) is 4.90 Å². The fraction of sp³-hybridized carbons (Fsp3) is 0. The van der Waals surface area contributed by atoms with Crippen molar-refractivity contribution in [3.8, 4) is 17.4 Å². The number of nitriles is 1. The SMILES string of the molecule is N#Cc1c(C=N)cc(-n2c3ccc(N(c4ccccc4)c4ccccc4)cc3c3c4ccccc4ccc32)cc1-n1c2ccccc2c2ccccc21. The molecule has 0 atom stereocenters. The number of benzene rings is 8. The molecular weight excluding hydrogens is 647 g/mol. The summed E-state index contributed by atoms with van der Waals surface area (Å²) in [5.74, 6) is 0. The van der Waals surface area contributed by atoms with E-state index in [2.05, 4.69) is 166 Å². The van der Waals surface area contributed by atoms with Gasteiger partial charge in [0.2, 0.25) is 0 Å². The van der Waals surface area contributed by atoms with Crippen LogP contribution < -0.4 is 4.90 Å². The largest absolute Gasteiger partial charge is 0.310 e. The molecule has 0 aliphatic rings. The van der Waals surface area contributed by atoms with Crippen LogP contribution in [0.3, 0.4) is 0 Å². The predicted molar refractivity (Wildman–Crippen MR) is 220 cm³/mol. The molecule has 0 aliphatic carbocycles. The third-order valence-electron chi connectivity index (χ3n) is 10.4. The molecule has 8 aromatic carbocycles. The van der Waals surface area contributed by atoms with E-state index < -0.39 is 0 Å². The van der Waals surface area contributed by atoms with Crippen LogP contribution in [0, 0.1) is 16.7 Å². The number of rotatable bonds is 6. The Kier molecular flexibility index (Phi) is 6.95. The van der Waals surface area contributed by atoms with Crippen LogP contribution in [0.15, 0.2) is 176 Å². The molecule has 5 nitrogen and oxygen atoms in total. The standard InChI is InChI=1S/C48H31N5/c49-30-33-27-37(29-47(42(33)31-50)53-43-21-11-9-19-39(43)40-20-10-12-22-44(40)53)52-45-26-24-36(51(34-14-3-1-4-15-34)35-16-5-2-6-17-35)28-41(45)48-38-18-8-7-13-32(38)23-25-46(48)52/h1-30,49H. The third-order valence-corrected chi connectivity index (χ3v) is 10.4. The molecule has 0 amide bonds. The molecule has 5 heteroatoms. The molecule has 0 aliphatic heterocycles. The normalized spacial score (nSPS) is 11.5. The Balaban J connectivity index is 1.30. The second kappa shape index (κ2) is 12.1. The first-order valence-corrected chi connectivity index (χ1v) is 17.7. The second-order valence-electron chi connectivity index (χ2n) is 13.3. The monoisotopic (exact) mass is 677 g/mol. The summed E-state index contributed by atoms with van der Waals surface area (Å²) in [5, 5.41) is 26.0. The Hall–Kier alpha value is -7.42. The van der Waals surface area contributed by atoms with Crippen LogP contribution in [0.5, 0.6) is 0 Å². The summed E-state index contributed by atoms with van der Waals surface area (Å²) >= 11 is 0. The van der Waals surface area contributed by atoms with Crippen LogP contribution >= 0.6 is 0 Å². The van der Waals surface area contributed by atoms with E-state index in [0.717, 1.165) is 72.0 Å². The lowest BCUT2D eigenvalue weighted by atomic mass is 10.0. The smallest absolute Gasteiger partial charge is 0.102 e. The van der Waals surface area contributed by atoms with Gasteiger partial charge in [-0.25, -0.2) is 0 Å². The van der Waals surface area contributed by atoms with Gasteiger partial charge in [0.1, 0.15) is 6.07 Å². The Morgan fingerprint density at radius 3 is 1.70 bits per heavy atom. The van der Waals surface area contributed by atoms with Gasteiger partial charge in [0.05, 0.1) is 33.3 Å². The van der Waals surface area contributed by atoms with E-state index in [4.69, 9.17) is 5.41 Å². The van der Waals surface area contributed by atoms with E-state index in [-0.39, 0.29) is 0 Å². The van der Waals surface area contributed by atoms with Gasteiger partial charge in [-0.05, 0) is 83.6 Å². The molecule has 10 rings (SSSR count). The van der Waals surface area contributed by atoms with Crippen LogP contribution in [0.25, 0.3) is 65.8 Å². The molecule has 0 bridgehead atoms. The minimum absolute atomic E-state index is 0.463. The molecule has 248 valence electrons. The van der Waals surface area contributed by atoms with Crippen molar-refractivity contribution in [3.63, 3.8) is 0 Å². The summed E-state index contributed by atoms with van der Waals surface area (Å²) in [4.78, 5) is 2.29. The average molecular weight is 678 g/mol. The Labute approximate surface area is 305 Å². The van der Waals surface area contributed by atoms with Crippen LogP contribution in [0.1, 0.15) is 11.1 Å². The molecule has 0 radical (unpaired) electrons. The Bertz CT molecular complexity index is 3000. The van der Waals surface area contributed by atoms with Gasteiger partial charge in [-0.15, -0.1) is 0 Å². The lowest BCUT2D eigenvalue weighted by Crippen LogP contribution is -2.09. The van der Waals surface area contributed by atoms with Crippen molar-refractivity contribution < 1.29 is 0 Å². The highest BCUT2D eigenvalue weighted by Gasteiger charge is 2.22. The fourth-order valence-corrected chi connectivity index (χ4v) is 8.15. The predicted octanol–water partition coefficient (Wildman–Crippen LogP) is 12.4. The molecular formula is C48H31N5. The van der Waals surface area contributed by atoms with E-state index >= 15 is 0 Å². The minimum Gasteiger partial charge on any atom is -0.310 e. The lowest BCUT2D eigenvalue weighted by molar-refractivity contribution is 1.12. The minimum atomic E-state index is 0.463. The zero-order valence-electron chi connectivity index (χ0n) is 28.6. The van der Waals surface area contributed by atoms with Crippen LogP contribution in [0.2, 0.25) is 0 Å². The van der Waals surface area contributed by atoms with E-state index in [9.17, 15) is 5.26 Å². The summed E-state index contributed by atoms with van der Waals surface area (Å²) in [6.45, 7) is 0. The van der Waals surface area contributed by atoms with Crippen molar-refractivity contribution in [2.24, 2.45) is 0 Å². The molecule has 0 spiro atoms. The van der Waals surface area contributed by atoms with Gasteiger partial charge in [-0.1, -0.05) is 103 Å². The number of fused-ring (bicyclic) bond motifs is 8. The first kappa shape index (κ1) is 30.4. The number of hydrogen-bond acceptors (Lipinski definition) is 3. The molecule has 2 aromatic heterocycles. The van der Waals surface area contributed by atoms with Crippen molar-refractivity contribution in [3.05, 3.63) is 187 Å². The highest BCUT2D eigenvalue weighted by molar-refractivity contribution is 6.22. The Morgan fingerprint density at radius 1 is 0.491 bits per heavy atom. The molecule has 0 saturated heterocycles. The van der Waals surface area contributed by atoms with E-state index in [0.29, 0.717) is 11.1 Å². The van der Waals surface area contributed by atoms with Crippen molar-refractivity contribution >= 4 is 77.7 Å². The highest BCUT2D eigenvalue weighted by atomic mass is 15.1. The molecule has 0 unspecified atom stereocenters. The van der Waals surface area contributed by atoms with Crippen LogP contribution in [0.4, 0.5) is 17.1 Å². The summed E-state index contributed by atoms with van der Waals surface area (Å²) in [6, 6.07) is 63.8. The lowest BCUT2D eigenvalue weighted by Gasteiger charge is -2.25. The van der Waals surface area contributed by atoms with Crippen LogP contribution in [-0.4, -0.2) is 15.3 Å². The van der Waals surface area contributed by atoms with Gasteiger partial charge in [-0.3, -0.25) is 0 Å². The number of anilines is 3. The maximum absolute atomic E-state index is 10.6. The van der Waals surface area contributed by atoms with E-state index in [1.807, 2.05) is 30.3 Å². The number of para-hydroxylation sites is 4. The van der Waals surface area contributed by atoms with E-state index in [1.54, 1.807) is 0 Å². The molecule has 10 aromatic rings. The topological polar surface area (TPSA) is 60.7 Å². The summed E-state index contributed by atoms with van der Waals surface area (Å²) < 4.78 is 4.47. The molecule has 1 N–H and O–H groups in total. The summed E-state index contributed by atoms with van der Waals surface area (Å²) in [5.41, 5.74) is 9.96. The first-order valence-electron chi connectivity index (χ1n) is 17.7. The van der Waals surface area contributed by atoms with Crippen molar-refractivity contribution in [1.29, 1.82) is 10.7 Å². The van der Waals surface area contributed by atoms with Gasteiger partial charge in [-0.2, -0.15) is 5.26 Å². The number of nitrogens with one attached hydrogen (secondary N) is 1. The first-order chi connectivity index (χ1) is 26.2. The maximum Gasteiger partial charge on any atom is 0.102 e. The van der Waals surface area contributed by atoms with E-state index in [1.165, 1.54) is 17.0 Å². The molecule has 2 heterocycles. The number of nitrogens with zero attached hydrogens (tertiary/aromatic N) is 4. The second-order valence-corrected chi connectivity index (χ2v) is 13.3. The van der Waals surface area contributed by atoms with Gasteiger partial charge in [0, 0.05) is 56.1 Å². The van der Waals surface area contributed by atoms with Crippen LogP contribution in [-0.2, 0) is 0 Å². The third kappa shape index (κ3) is 4.67. The van der Waals surface area contributed by atoms with Gasteiger partial charge in [0.25, 0.3) is 0 Å². The summed E-state index contributed by atoms with van der Waals surface area (Å²) in [7, 11) is 0. The Morgan fingerprint density at radius 2 is 1.06 bits per heavy atom. The highest BCUT2D eigenvalue weighted by Crippen LogP contribution is 2.43. The maximum atomic E-state index is 10.6. The van der Waals surface area contributed by atoms with Gasteiger partial charge >= 0.3 is 0 Å². The number of hydrogen-bond donors (Lipinski definition) is 1. The van der Waals surface area contributed by atoms with Gasteiger partial charge < -0.3 is 19.4 Å². The molecule has 0 saturated carbocycles. The van der Waals surface area contributed by atoms with Gasteiger partial charge in [0.15, 0.2) is 0 Å². The quantitative estimate of drug-likeness (QED) is 0.178. The zero-order chi connectivity index (χ0) is 35.5. The molecule has 0 fully saturated rings. The van der Waals surface area contributed by atoms with Crippen molar-refractivity contribution in [1.82, 2.24) is 9.13 Å². The van der Waals surface area contributed by atoms with Crippen molar-refractivity contribution in [2.45, 2.75) is 0 Å². The fourth-order valence-electron chi connectivity index (χ4n) is 8.15. The molecule has 53 heavy (non-hydrogen) atoms. The zero-order valence-corrected chi connectivity index (χ0v) is 28.6.